The smallest absolute Gasteiger partial charge is 0.248 e. The Morgan fingerprint density at radius 2 is 1.36 bits per heavy atom. The lowest BCUT2D eigenvalue weighted by atomic mass is 10.0. The quantitative estimate of drug-likeness (QED) is 0.637. The SMILES string of the molecule is FCC(F)C(F)(F)C(F)C(F)(F)CF. The molecular formula is C6H6F8. The van der Waals surface area contributed by atoms with Crippen LogP contribution in [-0.2, 0) is 0 Å². The lowest BCUT2D eigenvalue weighted by Gasteiger charge is -2.26. The summed E-state index contributed by atoms with van der Waals surface area (Å²) in [5.41, 5.74) is 0. The topological polar surface area (TPSA) is 0 Å². The third-order valence-corrected chi connectivity index (χ3v) is 1.44. The van der Waals surface area contributed by atoms with Crippen molar-refractivity contribution in [2.75, 3.05) is 13.3 Å². The Morgan fingerprint density at radius 3 is 1.64 bits per heavy atom. The van der Waals surface area contributed by atoms with Crippen molar-refractivity contribution in [3.05, 3.63) is 0 Å². The van der Waals surface area contributed by atoms with E-state index in [0.717, 1.165) is 0 Å². The van der Waals surface area contributed by atoms with E-state index in [2.05, 4.69) is 0 Å². The minimum absolute atomic E-state index is 2.32. The molecule has 0 aliphatic carbocycles. The normalized spacial score (nSPS) is 18.0. The first-order valence-corrected chi connectivity index (χ1v) is 3.35. The van der Waals surface area contributed by atoms with Gasteiger partial charge in [0.1, 0.15) is 6.67 Å². The van der Waals surface area contributed by atoms with Crippen LogP contribution in [0.25, 0.3) is 0 Å². The van der Waals surface area contributed by atoms with Gasteiger partial charge in [-0.1, -0.05) is 0 Å². The van der Waals surface area contributed by atoms with Crippen molar-refractivity contribution < 1.29 is 35.1 Å². The summed E-state index contributed by atoms with van der Waals surface area (Å²) in [5, 5.41) is 0. The highest BCUT2D eigenvalue weighted by Gasteiger charge is 2.60. The molecule has 0 aliphatic rings. The second-order valence-corrected chi connectivity index (χ2v) is 2.55. The molecule has 14 heavy (non-hydrogen) atoms. The lowest BCUT2D eigenvalue weighted by molar-refractivity contribution is -0.213. The molecule has 8 heteroatoms. The van der Waals surface area contributed by atoms with Crippen LogP contribution in [0.3, 0.4) is 0 Å². The van der Waals surface area contributed by atoms with E-state index in [9.17, 15) is 35.1 Å². The van der Waals surface area contributed by atoms with Crippen LogP contribution in [0.2, 0.25) is 0 Å². The molecule has 0 N–H and O–H groups in total. The van der Waals surface area contributed by atoms with Crippen molar-refractivity contribution in [2.45, 2.75) is 24.2 Å². The Labute approximate surface area is 73.9 Å². The molecule has 0 saturated heterocycles. The average Bonchev–Trinajstić information content (AvgIpc) is 2.15. The Bertz CT molecular complexity index is 179. The zero-order chi connectivity index (χ0) is 11.6. The third kappa shape index (κ3) is 2.48. The minimum atomic E-state index is -5.25. The molecule has 0 aliphatic heterocycles. The minimum Gasteiger partial charge on any atom is -0.248 e. The second kappa shape index (κ2) is 4.31. The Balaban J connectivity index is 4.73. The van der Waals surface area contributed by atoms with Crippen molar-refractivity contribution in [1.29, 1.82) is 0 Å². The Kier molecular flexibility index (Phi) is 4.14. The van der Waals surface area contributed by atoms with Crippen molar-refractivity contribution in [3.8, 4) is 0 Å². The van der Waals surface area contributed by atoms with Crippen LogP contribution in [-0.4, -0.2) is 37.5 Å². The van der Waals surface area contributed by atoms with Gasteiger partial charge in [0.05, 0.1) is 0 Å². The van der Waals surface area contributed by atoms with Gasteiger partial charge in [0.2, 0.25) is 6.17 Å². The summed E-state index contributed by atoms with van der Waals surface area (Å²) in [5.74, 6) is -10.3. The van der Waals surface area contributed by atoms with Crippen LogP contribution in [0.15, 0.2) is 0 Å². The van der Waals surface area contributed by atoms with Gasteiger partial charge >= 0.3 is 11.8 Å². The van der Waals surface area contributed by atoms with Crippen molar-refractivity contribution in [3.63, 3.8) is 0 Å². The maximum absolute atomic E-state index is 12.3. The summed E-state index contributed by atoms with van der Waals surface area (Å²) >= 11 is 0. The van der Waals surface area contributed by atoms with Gasteiger partial charge < -0.3 is 0 Å². The van der Waals surface area contributed by atoms with Gasteiger partial charge in [-0.25, -0.2) is 26.3 Å². The van der Waals surface area contributed by atoms with Gasteiger partial charge in [-0.05, 0) is 0 Å². The third-order valence-electron chi connectivity index (χ3n) is 1.44. The highest BCUT2D eigenvalue weighted by atomic mass is 19.3. The summed E-state index contributed by atoms with van der Waals surface area (Å²) in [7, 11) is 0. The van der Waals surface area contributed by atoms with Gasteiger partial charge in [-0.15, -0.1) is 0 Å². The van der Waals surface area contributed by atoms with E-state index >= 15 is 0 Å². The van der Waals surface area contributed by atoms with E-state index in [-0.39, 0.29) is 0 Å². The second-order valence-electron chi connectivity index (χ2n) is 2.55. The van der Waals surface area contributed by atoms with E-state index in [1.165, 1.54) is 0 Å². The summed E-state index contributed by atoms with van der Waals surface area (Å²) in [6, 6.07) is 0. The molecule has 86 valence electrons. The molecule has 0 spiro atoms. The highest BCUT2D eigenvalue weighted by Crippen LogP contribution is 2.37. The fourth-order valence-electron chi connectivity index (χ4n) is 0.611. The van der Waals surface area contributed by atoms with Crippen LogP contribution < -0.4 is 0 Å². The van der Waals surface area contributed by atoms with E-state index in [1.807, 2.05) is 0 Å². The summed E-state index contributed by atoms with van der Waals surface area (Å²) in [4.78, 5) is 0. The lowest BCUT2D eigenvalue weighted by Crippen LogP contribution is -2.51. The summed E-state index contributed by atoms with van der Waals surface area (Å²) in [6.45, 7) is -5.03. The fraction of sp³-hybridized carbons (Fsp3) is 1.00. The molecule has 2 atom stereocenters. The molecule has 0 aromatic carbocycles. The molecule has 0 bridgehead atoms. The van der Waals surface area contributed by atoms with Gasteiger partial charge in [-0.2, -0.15) is 8.78 Å². The summed E-state index contributed by atoms with van der Waals surface area (Å²) in [6.07, 6.45) is -8.10. The fourth-order valence-corrected chi connectivity index (χ4v) is 0.611. The van der Waals surface area contributed by atoms with E-state index in [4.69, 9.17) is 0 Å². The van der Waals surface area contributed by atoms with Gasteiger partial charge in [-0.3, -0.25) is 0 Å². The molecule has 0 rings (SSSR count). The number of alkyl halides is 8. The molecule has 0 heterocycles. The standard InChI is InChI=1S/C6H6F8/c7-1-3(9)6(13,14)4(10)5(11,12)2-8/h3-4H,1-2H2. The van der Waals surface area contributed by atoms with Crippen molar-refractivity contribution >= 4 is 0 Å². The Morgan fingerprint density at radius 1 is 0.929 bits per heavy atom. The maximum Gasteiger partial charge on any atom is 0.317 e. The van der Waals surface area contributed by atoms with E-state index < -0.39 is 37.5 Å². The molecule has 0 radical (unpaired) electrons. The van der Waals surface area contributed by atoms with E-state index in [1.54, 1.807) is 0 Å². The summed E-state index contributed by atoms with van der Waals surface area (Å²) < 4.78 is 95.6. The number of rotatable bonds is 5. The van der Waals surface area contributed by atoms with Crippen molar-refractivity contribution in [1.82, 2.24) is 0 Å². The Hall–Kier alpha value is -0.560. The van der Waals surface area contributed by atoms with Crippen LogP contribution in [0, 0.1) is 0 Å². The van der Waals surface area contributed by atoms with Crippen LogP contribution >= 0.6 is 0 Å². The van der Waals surface area contributed by atoms with Crippen LogP contribution in [0.4, 0.5) is 35.1 Å². The maximum atomic E-state index is 12.3. The number of hydrogen-bond acceptors (Lipinski definition) is 0. The zero-order valence-electron chi connectivity index (χ0n) is 6.59. The molecular weight excluding hydrogens is 224 g/mol. The number of hydrogen-bond donors (Lipinski definition) is 0. The molecule has 0 aromatic rings. The largest absolute Gasteiger partial charge is 0.317 e. The van der Waals surface area contributed by atoms with Crippen molar-refractivity contribution in [2.24, 2.45) is 0 Å². The zero-order valence-corrected chi connectivity index (χ0v) is 6.59. The van der Waals surface area contributed by atoms with Crippen LogP contribution in [0.1, 0.15) is 0 Å². The first-order chi connectivity index (χ1) is 6.20. The highest BCUT2D eigenvalue weighted by molar-refractivity contribution is 4.93. The molecule has 0 nitrogen and oxygen atoms in total. The monoisotopic (exact) mass is 230 g/mol. The molecule has 0 aromatic heterocycles. The van der Waals surface area contributed by atoms with Gasteiger partial charge in [0.25, 0.3) is 0 Å². The first-order valence-electron chi connectivity index (χ1n) is 3.35. The molecule has 2 unspecified atom stereocenters. The number of halogens is 8. The van der Waals surface area contributed by atoms with E-state index in [0.29, 0.717) is 0 Å². The average molecular weight is 230 g/mol. The predicted octanol–water partition coefficient (Wildman–Crippen LogP) is 2.87. The van der Waals surface area contributed by atoms with Crippen LogP contribution in [0.5, 0.6) is 0 Å². The predicted molar refractivity (Wildman–Crippen MR) is 31.6 cm³/mol. The van der Waals surface area contributed by atoms with Gasteiger partial charge in [0, 0.05) is 0 Å². The van der Waals surface area contributed by atoms with Gasteiger partial charge in [0.15, 0.2) is 12.8 Å². The first kappa shape index (κ1) is 13.4. The molecule has 0 fully saturated rings. The molecule has 0 saturated carbocycles. The molecule has 0 amide bonds.